The number of carbonyl (C=O) groups excluding carboxylic acids is 4. The number of rotatable bonds is 9. The van der Waals surface area contributed by atoms with Crippen LogP contribution in [0.15, 0.2) is 41.3 Å². The van der Waals surface area contributed by atoms with Gasteiger partial charge in [0.1, 0.15) is 24.8 Å². The van der Waals surface area contributed by atoms with Gasteiger partial charge in [-0.1, -0.05) is 12.1 Å². The number of fused-ring (bicyclic) bond motifs is 2. The average Bonchev–Trinajstić information content (AvgIpc) is 3.28. The lowest BCUT2D eigenvalue weighted by molar-refractivity contribution is -0.152. The molecule has 1 saturated heterocycles. The van der Waals surface area contributed by atoms with Gasteiger partial charge in [0.05, 0.1) is 24.3 Å². The Hall–Kier alpha value is -4.42. The van der Waals surface area contributed by atoms with E-state index in [0.29, 0.717) is 0 Å². The Kier molecular flexibility index (Phi) is 8.70. The highest BCUT2D eigenvalue weighted by atomic mass is 16.7. The fraction of sp³-hybridized carbons (Fsp3) is 0.391. The first kappa shape index (κ1) is 28.6. The summed E-state index contributed by atoms with van der Waals surface area (Å²) in [6.45, 7) is -1.90. The standard InChI is InChI=1S/C23H25N5O12/c24-12(7-29)21(33)36-9-14-16-17(39-20(32)11-4-2-1-3-10(11)19(31)38-16)18(37-14)28-6-5-15(26-23(28)35)27-40-22(34)13(25)8-30/h1-6,12-14,16-18,29-30H,7-9,24-25H2,(H,26,27,35)/t12-,13-,14+,16+,17+,18+/m0/s1. The van der Waals surface area contributed by atoms with Gasteiger partial charge in [0.25, 0.3) is 0 Å². The predicted octanol–water partition coefficient (Wildman–Crippen LogP) is -3.04. The van der Waals surface area contributed by atoms with Crippen LogP contribution in [0.4, 0.5) is 5.82 Å². The minimum absolute atomic E-state index is 0.0721. The molecule has 0 amide bonds. The lowest BCUT2D eigenvalue weighted by Crippen LogP contribution is -2.44. The SMILES string of the molecule is N[C@@H](CO)C(=O)OC[C@H]1O[C@@H](n2ccc(NOC(=O)[C@@H](N)CO)nc2=O)[C@@H]2OC(=O)c3ccccc3C(=O)O[C@@H]21. The molecule has 214 valence electrons. The van der Waals surface area contributed by atoms with Crippen molar-refractivity contribution in [1.82, 2.24) is 9.55 Å². The van der Waals surface area contributed by atoms with E-state index < -0.39 is 86.0 Å². The van der Waals surface area contributed by atoms with Crippen molar-refractivity contribution in [1.29, 1.82) is 0 Å². The smallest absolute Gasteiger partial charge is 0.351 e. The van der Waals surface area contributed by atoms with E-state index >= 15 is 0 Å². The van der Waals surface area contributed by atoms with Crippen molar-refractivity contribution in [2.24, 2.45) is 11.5 Å². The largest absolute Gasteiger partial charge is 0.462 e. The van der Waals surface area contributed by atoms with Crippen molar-refractivity contribution >= 4 is 29.7 Å². The van der Waals surface area contributed by atoms with Crippen LogP contribution in [0.5, 0.6) is 0 Å². The van der Waals surface area contributed by atoms with Crippen molar-refractivity contribution in [3.63, 3.8) is 0 Å². The van der Waals surface area contributed by atoms with E-state index in [-0.39, 0.29) is 16.9 Å². The average molecular weight is 563 g/mol. The van der Waals surface area contributed by atoms with Crippen molar-refractivity contribution in [3.05, 3.63) is 58.1 Å². The molecule has 0 bridgehead atoms. The summed E-state index contributed by atoms with van der Waals surface area (Å²) < 4.78 is 23.1. The zero-order chi connectivity index (χ0) is 29.0. The first-order valence-electron chi connectivity index (χ1n) is 11.8. The third kappa shape index (κ3) is 5.92. The van der Waals surface area contributed by atoms with Gasteiger partial charge in [0.15, 0.2) is 24.3 Å². The molecule has 1 fully saturated rings. The molecule has 6 atom stereocenters. The quantitative estimate of drug-likeness (QED) is 0.115. The predicted molar refractivity (Wildman–Crippen MR) is 128 cm³/mol. The number of aliphatic hydroxyl groups excluding tert-OH is 2. The maximum Gasteiger partial charge on any atom is 0.351 e. The molecular formula is C23H25N5O12. The number of hydrogen-bond donors (Lipinski definition) is 5. The Balaban J connectivity index is 1.62. The Bertz CT molecular complexity index is 1350. The third-order valence-corrected chi connectivity index (χ3v) is 5.89. The molecule has 17 nitrogen and oxygen atoms in total. The Morgan fingerprint density at radius 2 is 1.57 bits per heavy atom. The Morgan fingerprint density at radius 3 is 2.17 bits per heavy atom. The molecule has 2 aliphatic heterocycles. The summed E-state index contributed by atoms with van der Waals surface area (Å²) in [5.41, 5.74) is 11.8. The topological polar surface area (TPSA) is 254 Å². The maximum absolute atomic E-state index is 13.0. The molecule has 1 aromatic carbocycles. The molecule has 40 heavy (non-hydrogen) atoms. The van der Waals surface area contributed by atoms with Gasteiger partial charge in [-0.2, -0.15) is 4.98 Å². The molecule has 0 saturated carbocycles. The Morgan fingerprint density at radius 1 is 0.975 bits per heavy atom. The number of carbonyl (C=O) groups is 4. The zero-order valence-electron chi connectivity index (χ0n) is 20.6. The van der Waals surface area contributed by atoms with E-state index in [1.807, 2.05) is 0 Å². The highest BCUT2D eigenvalue weighted by Crippen LogP contribution is 2.36. The summed E-state index contributed by atoms with van der Waals surface area (Å²) in [4.78, 5) is 70.8. The highest BCUT2D eigenvalue weighted by Gasteiger charge is 2.52. The van der Waals surface area contributed by atoms with Gasteiger partial charge in [-0.15, -0.1) is 0 Å². The number of nitrogens with one attached hydrogen (secondary N) is 1. The second kappa shape index (κ2) is 12.2. The van der Waals surface area contributed by atoms with Gasteiger partial charge < -0.3 is 45.5 Å². The number of nitrogens with two attached hydrogens (primary N) is 2. The lowest BCUT2D eigenvalue weighted by Gasteiger charge is -2.27. The second-order valence-corrected chi connectivity index (χ2v) is 8.58. The summed E-state index contributed by atoms with van der Waals surface area (Å²) in [6, 6.07) is 4.30. The van der Waals surface area contributed by atoms with E-state index in [4.69, 9.17) is 40.6 Å². The third-order valence-electron chi connectivity index (χ3n) is 5.89. The number of nitrogens with zero attached hydrogens (tertiary/aromatic N) is 2. The number of ether oxygens (including phenoxy) is 4. The van der Waals surface area contributed by atoms with Crippen molar-refractivity contribution in [2.45, 2.75) is 36.6 Å². The molecule has 0 radical (unpaired) electrons. The van der Waals surface area contributed by atoms with Crippen LogP contribution in [0.25, 0.3) is 0 Å². The number of esters is 3. The van der Waals surface area contributed by atoms with Gasteiger partial charge in [0.2, 0.25) is 0 Å². The summed E-state index contributed by atoms with van der Waals surface area (Å²) in [5, 5.41) is 18.0. The molecule has 2 aromatic rings. The molecule has 0 aliphatic carbocycles. The molecule has 3 heterocycles. The van der Waals surface area contributed by atoms with E-state index in [1.165, 1.54) is 30.3 Å². The van der Waals surface area contributed by atoms with Crippen LogP contribution >= 0.6 is 0 Å². The van der Waals surface area contributed by atoms with E-state index in [9.17, 15) is 24.0 Å². The van der Waals surface area contributed by atoms with Gasteiger partial charge in [-0.05, 0) is 12.1 Å². The molecule has 0 unspecified atom stereocenters. The van der Waals surface area contributed by atoms with Gasteiger partial charge >= 0.3 is 29.6 Å². The number of aliphatic hydroxyl groups is 2. The lowest BCUT2D eigenvalue weighted by atomic mass is 10.0. The van der Waals surface area contributed by atoms with Crippen LogP contribution in [0, 0.1) is 0 Å². The van der Waals surface area contributed by atoms with Gasteiger partial charge in [-0.3, -0.25) is 9.36 Å². The number of anilines is 1. The van der Waals surface area contributed by atoms with Crippen LogP contribution < -0.4 is 22.6 Å². The van der Waals surface area contributed by atoms with Crippen LogP contribution in [0.2, 0.25) is 0 Å². The van der Waals surface area contributed by atoms with Crippen molar-refractivity contribution in [2.75, 3.05) is 25.3 Å². The van der Waals surface area contributed by atoms with Crippen molar-refractivity contribution in [3.8, 4) is 0 Å². The highest BCUT2D eigenvalue weighted by molar-refractivity contribution is 6.03. The minimum atomic E-state index is -1.42. The molecule has 4 rings (SSSR count). The molecular weight excluding hydrogens is 538 g/mol. The zero-order valence-corrected chi connectivity index (χ0v) is 20.6. The summed E-state index contributed by atoms with van der Waals surface area (Å²) in [7, 11) is 0. The Labute approximate surface area is 224 Å². The normalized spacial score (nSPS) is 23.3. The van der Waals surface area contributed by atoms with Gasteiger partial charge in [0, 0.05) is 12.3 Å². The first-order chi connectivity index (χ1) is 19.1. The molecule has 1 aromatic heterocycles. The fourth-order valence-corrected chi connectivity index (χ4v) is 3.81. The first-order valence-corrected chi connectivity index (χ1v) is 11.8. The summed E-state index contributed by atoms with van der Waals surface area (Å²) >= 11 is 0. The summed E-state index contributed by atoms with van der Waals surface area (Å²) in [6.07, 6.45) is -4.24. The van der Waals surface area contributed by atoms with Gasteiger partial charge in [-0.25, -0.2) is 24.7 Å². The number of hydrogen-bond acceptors (Lipinski definition) is 16. The minimum Gasteiger partial charge on any atom is -0.462 e. The molecule has 2 aliphatic rings. The maximum atomic E-state index is 13.0. The van der Waals surface area contributed by atoms with Crippen LogP contribution in [-0.2, 0) is 33.4 Å². The van der Waals surface area contributed by atoms with E-state index in [2.05, 4.69) is 15.3 Å². The number of benzene rings is 1. The van der Waals surface area contributed by atoms with Crippen LogP contribution in [0.1, 0.15) is 26.9 Å². The second-order valence-electron chi connectivity index (χ2n) is 8.58. The van der Waals surface area contributed by atoms with E-state index in [1.54, 1.807) is 0 Å². The molecule has 7 N–H and O–H groups in total. The fourth-order valence-electron chi connectivity index (χ4n) is 3.81. The van der Waals surface area contributed by atoms with Crippen LogP contribution in [0.3, 0.4) is 0 Å². The molecule has 0 spiro atoms. The van der Waals surface area contributed by atoms with Crippen molar-refractivity contribution < 1.29 is 53.2 Å². The van der Waals surface area contributed by atoms with E-state index in [0.717, 1.165) is 10.8 Å². The summed E-state index contributed by atoms with van der Waals surface area (Å²) in [5.74, 6) is -3.99. The number of aromatic nitrogens is 2. The molecule has 17 heteroatoms. The monoisotopic (exact) mass is 563 g/mol. The van der Waals surface area contributed by atoms with Crippen LogP contribution in [-0.4, -0.2) is 93.9 Å².